The number of imidazole rings is 1. The molecule has 40 heavy (non-hydrogen) atoms. The maximum Gasteiger partial charge on any atom is 0.227 e. The van der Waals surface area contributed by atoms with Crippen LogP contribution < -0.4 is 15.0 Å². The van der Waals surface area contributed by atoms with Crippen molar-refractivity contribution in [3.8, 4) is 17.1 Å². The van der Waals surface area contributed by atoms with Crippen LogP contribution in [0.4, 0.5) is 17.3 Å². The minimum absolute atomic E-state index is 0.00419. The number of pyridine rings is 1. The van der Waals surface area contributed by atoms with Gasteiger partial charge in [0.1, 0.15) is 17.1 Å². The smallest absolute Gasteiger partial charge is 0.227 e. The van der Waals surface area contributed by atoms with Crippen LogP contribution in [-0.2, 0) is 16.1 Å². The Bertz CT molecular complexity index is 1560. The van der Waals surface area contributed by atoms with E-state index in [0.29, 0.717) is 53.4 Å². The molecule has 208 valence electrons. The molecule has 2 amide bonds. The van der Waals surface area contributed by atoms with Crippen molar-refractivity contribution in [1.82, 2.24) is 29.2 Å². The van der Waals surface area contributed by atoms with Crippen molar-refractivity contribution in [2.75, 3.05) is 50.6 Å². The number of methoxy groups -OCH3 is 1. The number of piperazine rings is 1. The molecule has 0 atom stereocenters. The molecule has 11 nitrogen and oxygen atoms in total. The SMILES string of the molecule is COc1cc(N2CCN(C(C)=O)CC2)ccc1Nc1ncc(Cl)c(-c2cnc3cc(CN(C)C(C)=O)ccn23)n1. The van der Waals surface area contributed by atoms with Crippen molar-refractivity contribution in [2.45, 2.75) is 20.4 Å². The summed E-state index contributed by atoms with van der Waals surface area (Å²) in [6.07, 6.45) is 5.16. The number of hydrogen-bond acceptors (Lipinski definition) is 8. The molecule has 1 N–H and O–H groups in total. The lowest BCUT2D eigenvalue weighted by Crippen LogP contribution is -2.48. The van der Waals surface area contributed by atoms with Crippen LogP contribution in [0.2, 0.25) is 5.02 Å². The quantitative estimate of drug-likeness (QED) is 0.362. The molecule has 0 unspecified atom stereocenters. The summed E-state index contributed by atoms with van der Waals surface area (Å²) in [6.45, 7) is 6.54. The van der Waals surface area contributed by atoms with Crippen molar-refractivity contribution in [3.63, 3.8) is 0 Å². The molecule has 1 aliphatic rings. The zero-order valence-electron chi connectivity index (χ0n) is 22.9. The topological polar surface area (TPSA) is 108 Å². The van der Waals surface area contributed by atoms with Crippen LogP contribution in [0.3, 0.4) is 0 Å². The molecule has 1 aliphatic heterocycles. The van der Waals surface area contributed by atoms with E-state index in [1.165, 1.54) is 6.92 Å². The van der Waals surface area contributed by atoms with Crippen molar-refractivity contribution in [3.05, 3.63) is 59.5 Å². The fraction of sp³-hybridized carbons (Fsp3) is 0.321. The Morgan fingerprint density at radius 2 is 1.85 bits per heavy atom. The lowest BCUT2D eigenvalue weighted by Gasteiger charge is -2.35. The largest absolute Gasteiger partial charge is 0.494 e. The fourth-order valence-electron chi connectivity index (χ4n) is 4.67. The zero-order chi connectivity index (χ0) is 28.4. The predicted octanol–water partition coefficient (Wildman–Crippen LogP) is 3.84. The Morgan fingerprint density at radius 3 is 2.55 bits per heavy atom. The van der Waals surface area contributed by atoms with E-state index in [-0.39, 0.29) is 11.8 Å². The van der Waals surface area contributed by atoms with Gasteiger partial charge in [-0.2, -0.15) is 0 Å². The van der Waals surface area contributed by atoms with E-state index >= 15 is 0 Å². The molecular formula is C28H31ClN8O3. The van der Waals surface area contributed by atoms with Gasteiger partial charge < -0.3 is 24.8 Å². The van der Waals surface area contributed by atoms with Crippen molar-refractivity contribution < 1.29 is 14.3 Å². The molecule has 0 aliphatic carbocycles. The van der Waals surface area contributed by atoms with E-state index in [9.17, 15) is 9.59 Å². The molecule has 0 radical (unpaired) electrons. The summed E-state index contributed by atoms with van der Waals surface area (Å²) in [5, 5.41) is 3.64. The molecule has 0 spiro atoms. The number of benzene rings is 1. The third-order valence-electron chi connectivity index (χ3n) is 7.04. The zero-order valence-corrected chi connectivity index (χ0v) is 23.6. The van der Waals surface area contributed by atoms with Crippen LogP contribution in [0.15, 0.2) is 48.9 Å². The fourth-order valence-corrected chi connectivity index (χ4v) is 4.86. The normalized spacial score (nSPS) is 13.4. The van der Waals surface area contributed by atoms with E-state index < -0.39 is 0 Å². The minimum atomic E-state index is -0.00419. The van der Waals surface area contributed by atoms with E-state index in [1.54, 1.807) is 38.4 Å². The Labute approximate surface area is 237 Å². The summed E-state index contributed by atoms with van der Waals surface area (Å²) in [4.78, 5) is 42.6. The van der Waals surface area contributed by atoms with Gasteiger partial charge in [0.2, 0.25) is 17.8 Å². The maximum atomic E-state index is 11.7. The number of carbonyl (C=O) groups is 2. The first-order valence-corrected chi connectivity index (χ1v) is 13.3. The highest BCUT2D eigenvalue weighted by Crippen LogP contribution is 2.33. The number of aromatic nitrogens is 4. The number of hydrogen-bond donors (Lipinski definition) is 1. The van der Waals surface area contributed by atoms with Gasteiger partial charge >= 0.3 is 0 Å². The third-order valence-corrected chi connectivity index (χ3v) is 7.32. The average Bonchev–Trinajstić information content (AvgIpc) is 3.37. The molecule has 1 aromatic carbocycles. The predicted molar refractivity (Wildman–Crippen MR) is 154 cm³/mol. The van der Waals surface area contributed by atoms with Gasteiger partial charge in [0.05, 0.1) is 35.9 Å². The molecule has 0 saturated carbocycles. The highest BCUT2D eigenvalue weighted by Gasteiger charge is 2.20. The standard InChI is InChI=1S/C28H31ClN8O3/c1-18(38)34(3)17-20-7-8-37-24(16-30-26(37)13-20)27-22(29)15-31-28(33-27)32-23-6-5-21(14-25(23)40-4)36-11-9-35(10-12-36)19(2)39/h5-8,13-16H,9-12,17H2,1-4H3,(H,31,32,33). The molecule has 4 aromatic rings. The molecule has 4 heterocycles. The van der Waals surface area contributed by atoms with Gasteiger partial charge in [-0.15, -0.1) is 0 Å². The lowest BCUT2D eigenvalue weighted by molar-refractivity contribution is -0.129. The average molecular weight is 563 g/mol. The molecular weight excluding hydrogens is 532 g/mol. The number of nitrogens with one attached hydrogen (secondary N) is 1. The Kier molecular flexibility index (Phi) is 7.74. The van der Waals surface area contributed by atoms with Crippen LogP contribution in [0.5, 0.6) is 5.75 Å². The molecule has 5 rings (SSSR count). The first kappa shape index (κ1) is 27.2. The van der Waals surface area contributed by atoms with Crippen LogP contribution >= 0.6 is 11.6 Å². The van der Waals surface area contributed by atoms with Crippen LogP contribution in [0.1, 0.15) is 19.4 Å². The summed E-state index contributed by atoms with van der Waals surface area (Å²) in [6, 6.07) is 9.78. The number of amides is 2. The molecule has 1 fully saturated rings. The van der Waals surface area contributed by atoms with E-state index in [1.807, 2.05) is 45.8 Å². The summed E-state index contributed by atoms with van der Waals surface area (Å²) in [5.41, 5.74) is 4.65. The van der Waals surface area contributed by atoms with Crippen LogP contribution in [0, 0.1) is 0 Å². The van der Waals surface area contributed by atoms with Gasteiger partial charge in [-0.1, -0.05) is 11.6 Å². The van der Waals surface area contributed by atoms with Gasteiger partial charge in [-0.25, -0.2) is 15.0 Å². The second-order valence-electron chi connectivity index (χ2n) is 9.67. The monoisotopic (exact) mass is 562 g/mol. The lowest BCUT2D eigenvalue weighted by atomic mass is 10.2. The van der Waals surface area contributed by atoms with Crippen molar-refractivity contribution in [1.29, 1.82) is 0 Å². The molecule has 0 bridgehead atoms. The first-order chi connectivity index (χ1) is 19.2. The Hall–Kier alpha value is -4.38. The maximum absolute atomic E-state index is 11.7. The molecule has 3 aromatic heterocycles. The first-order valence-electron chi connectivity index (χ1n) is 12.9. The van der Waals surface area contributed by atoms with Gasteiger partial charge in [-0.3, -0.25) is 14.0 Å². The highest BCUT2D eigenvalue weighted by molar-refractivity contribution is 6.32. The Morgan fingerprint density at radius 1 is 1.07 bits per heavy atom. The second kappa shape index (κ2) is 11.4. The highest BCUT2D eigenvalue weighted by atomic mass is 35.5. The van der Waals surface area contributed by atoms with Gasteiger partial charge in [0.25, 0.3) is 0 Å². The number of fused-ring (bicyclic) bond motifs is 1. The minimum Gasteiger partial charge on any atom is -0.494 e. The Balaban J connectivity index is 1.37. The number of nitrogens with zero attached hydrogens (tertiary/aromatic N) is 7. The third kappa shape index (κ3) is 5.64. The number of carbonyl (C=O) groups excluding carboxylic acids is 2. The van der Waals surface area contributed by atoms with E-state index in [2.05, 4.69) is 20.2 Å². The summed E-state index contributed by atoms with van der Waals surface area (Å²) >= 11 is 6.53. The summed E-state index contributed by atoms with van der Waals surface area (Å²) in [7, 11) is 3.38. The molecule has 1 saturated heterocycles. The number of anilines is 3. The van der Waals surface area contributed by atoms with Crippen molar-refractivity contribution >= 4 is 46.4 Å². The van der Waals surface area contributed by atoms with Crippen molar-refractivity contribution in [2.24, 2.45) is 0 Å². The summed E-state index contributed by atoms with van der Waals surface area (Å²) in [5.74, 6) is 1.10. The van der Waals surface area contributed by atoms with Gasteiger partial charge in [-0.05, 0) is 29.8 Å². The number of halogens is 1. The molecule has 12 heteroatoms. The second-order valence-corrected chi connectivity index (χ2v) is 10.1. The van der Waals surface area contributed by atoms with Crippen LogP contribution in [-0.4, -0.2) is 81.3 Å². The van der Waals surface area contributed by atoms with Crippen LogP contribution in [0.25, 0.3) is 17.0 Å². The number of rotatable bonds is 7. The number of ether oxygens (including phenoxy) is 1. The van der Waals surface area contributed by atoms with E-state index in [0.717, 1.165) is 30.0 Å². The van der Waals surface area contributed by atoms with E-state index in [4.69, 9.17) is 21.3 Å². The van der Waals surface area contributed by atoms with Gasteiger partial charge in [0, 0.05) is 71.6 Å². The van der Waals surface area contributed by atoms with Gasteiger partial charge in [0.15, 0.2) is 0 Å². The summed E-state index contributed by atoms with van der Waals surface area (Å²) < 4.78 is 7.57.